The van der Waals surface area contributed by atoms with Crippen molar-refractivity contribution in [3.05, 3.63) is 64.7 Å². The molecule has 0 heterocycles. The monoisotopic (exact) mass is 568 g/mol. The van der Waals surface area contributed by atoms with E-state index in [9.17, 15) is 4.79 Å². The molecular weight excluding hydrogens is 531 g/mol. The maximum Gasteiger partial charge on any atom is 0.251 e. The van der Waals surface area contributed by atoms with E-state index in [1.54, 1.807) is 7.11 Å². The van der Waals surface area contributed by atoms with Gasteiger partial charge in [-0.25, -0.2) is 4.99 Å². The van der Waals surface area contributed by atoms with Crippen molar-refractivity contribution in [3.8, 4) is 5.75 Å². The van der Waals surface area contributed by atoms with E-state index in [1.165, 1.54) is 0 Å². The van der Waals surface area contributed by atoms with Crippen molar-refractivity contribution in [1.82, 2.24) is 16.0 Å². The number of aryl methyl sites for hydroxylation is 1. The van der Waals surface area contributed by atoms with E-state index in [1.807, 2.05) is 51.1 Å². The smallest absolute Gasteiger partial charge is 0.251 e. The molecule has 0 saturated carbocycles. The second kappa shape index (κ2) is 16.3. The molecule has 0 atom stereocenters. The van der Waals surface area contributed by atoms with Gasteiger partial charge in [0, 0.05) is 37.9 Å². The summed E-state index contributed by atoms with van der Waals surface area (Å²) < 4.78 is 11.0. The van der Waals surface area contributed by atoms with Gasteiger partial charge in [0.15, 0.2) is 5.96 Å². The molecule has 8 heteroatoms. The number of carbonyl (C=O) groups is 1. The summed E-state index contributed by atoms with van der Waals surface area (Å²) in [6, 6.07) is 13.7. The van der Waals surface area contributed by atoms with E-state index in [4.69, 9.17) is 9.47 Å². The van der Waals surface area contributed by atoms with Gasteiger partial charge in [0.1, 0.15) is 12.4 Å². The van der Waals surface area contributed by atoms with Gasteiger partial charge in [0.25, 0.3) is 5.91 Å². The van der Waals surface area contributed by atoms with Crippen LogP contribution in [0.25, 0.3) is 0 Å². The Hall–Kier alpha value is -2.33. The highest BCUT2D eigenvalue weighted by Crippen LogP contribution is 2.20. The summed E-state index contributed by atoms with van der Waals surface area (Å²) in [7, 11) is 1.66. The molecule has 0 aliphatic heterocycles. The topological polar surface area (TPSA) is 84.0 Å². The third-order valence-electron chi connectivity index (χ3n) is 4.70. The van der Waals surface area contributed by atoms with Gasteiger partial charge in [-0.3, -0.25) is 4.79 Å². The Morgan fingerprint density at radius 3 is 2.58 bits per heavy atom. The van der Waals surface area contributed by atoms with Crippen LogP contribution < -0.4 is 20.7 Å². The molecular formula is C25H37IN4O3. The van der Waals surface area contributed by atoms with Crippen LogP contribution in [-0.4, -0.2) is 45.3 Å². The minimum Gasteiger partial charge on any atom is -0.491 e. The normalized spacial score (nSPS) is 10.8. The summed E-state index contributed by atoms with van der Waals surface area (Å²) in [4.78, 5) is 16.9. The molecule has 2 aromatic carbocycles. The minimum absolute atomic E-state index is 0. The van der Waals surface area contributed by atoms with Crippen LogP contribution in [0.3, 0.4) is 0 Å². The summed E-state index contributed by atoms with van der Waals surface area (Å²) >= 11 is 0. The van der Waals surface area contributed by atoms with Crippen molar-refractivity contribution in [1.29, 1.82) is 0 Å². The predicted molar refractivity (Wildman–Crippen MR) is 145 cm³/mol. The zero-order chi connectivity index (χ0) is 23.2. The fourth-order valence-electron chi connectivity index (χ4n) is 3.02. The van der Waals surface area contributed by atoms with Crippen LogP contribution in [0.5, 0.6) is 5.75 Å². The van der Waals surface area contributed by atoms with Crippen molar-refractivity contribution >= 4 is 35.8 Å². The molecule has 0 radical (unpaired) electrons. The lowest BCUT2D eigenvalue weighted by Crippen LogP contribution is -2.36. The van der Waals surface area contributed by atoms with E-state index < -0.39 is 0 Å². The molecule has 2 rings (SSSR count). The molecule has 3 N–H and O–H groups in total. The standard InChI is InChI=1S/C25H36N4O3.HI/c1-5-12-27-24(30)21-9-7-8-20(16-21)17-28-25(26-6-2)29-18-22-11-10-19(3)15-23(22)32-14-13-31-4;/h7-11,15-16H,5-6,12-14,17-18H2,1-4H3,(H,27,30)(H2,26,28,29);1H. The molecule has 0 aromatic heterocycles. The fraction of sp³-hybridized carbons (Fsp3) is 0.440. The van der Waals surface area contributed by atoms with E-state index in [2.05, 4.69) is 33.1 Å². The first-order valence-electron chi connectivity index (χ1n) is 11.2. The molecule has 7 nitrogen and oxygen atoms in total. The maximum atomic E-state index is 12.2. The zero-order valence-corrected chi connectivity index (χ0v) is 22.4. The summed E-state index contributed by atoms with van der Waals surface area (Å²) in [6.45, 7) is 9.62. The third kappa shape index (κ3) is 10.4. The van der Waals surface area contributed by atoms with Crippen LogP contribution in [0.15, 0.2) is 47.5 Å². The van der Waals surface area contributed by atoms with Crippen LogP contribution in [0.1, 0.15) is 47.3 Å². The molecule has 0 bridgehead atoms. The van der Waals surface area contributed by atoms with E-state index >= 15 is 0 Å². The number of amides is 1. The number of hydrogen-bond acceptors (Lipinski definition) is 4. The summed E-state index contributed by atoms with van der Waals surface area (Å²) in [5, 5.41) is 9.55. The number of rotatable bonds is 12. The number of ether oxygens (including phenoxy) is 2. The molecule has 0 spiro atoms. The zero-order valence-electron chi connectivity index (χ0n) is 20.1. The van der Waals surface area contributed by atoms with Gasteiger partial charge in [-0.15, -0.1) is 24.0 Å². The van der Waals surface area contributed by atoms with Gasteiger partial charge >= 0.3 is 0 Å². The molecule has 2 aromatic rings. The molecule has 182 valence electrons. The first-order chi connectivity index (χ1) is 15.6. The molecule has 33 heavy (non-hydrogen) atoms. The second-order valence-corrected chi connectivity index (χ2v) is 7.46. The molecule has 0 aliphatic rings. The quantitative estimate of drug-likeness (QED) is 0.156. The van der Waals surface area contributed by atoms with E-state index in [-0.39, 0.29) is 29.9 Å². The first-order valence-corrected chi connectivity index (χ1v) is 11.2. The van der Waals surface area contributed by atoms with Gasteiger partial charge in [-0.2, -0.15) is 0 Å². The number of hydrogen-bond donors (Lipinski definition) is 3. The minimum atomic E-state index is -0.0527. The van der Waals surface area contributed by atoms with Crippen LogP contribution >= 0.6 is 24.0 Å². The Labute approximate surface area is 214 Å². The molecule has 0 aliphatic carbocycles. The average Bonchev–Trinajstić information content (AvgIpc) is 2.80. The molecule has 0 saturated heterocycles. The second-order valence-electron chi connectivity index (χ2n) is 7.46. The van der Waals surface area contributed by atoms with Crippen molar-refractivity contribution in [2.75, 3.05) is 33.4 Å². The average molecular weight is 569 g/mol. The number of benzene rings is 2. The number of nitrogens with one attached hydrogen (secondary N) is 3. The first kappa shape index (κ1) is 28.7. The lowest BCUT2D eigenvalue weighted by atomic mass is 10.1. The van der Waals surface area contributed by atoms with Crippen LogP contribution in [-0.2, 0) is 17.8 Å². The number of carbonyl (C=O) groups excluding carboxylic acids is 1. The number of guanidine groups is 1. The Bertz CT molecular complexity index is 890. The lowest BCUT2D eigenvalue weighted by Gasteiger charge is -2.15. The summed E-state index contributed by atoms with van der Waals surface area (Å²) in [5.41, 5.74) is 3.82. The predicted octanol–water partition coefficient (Wildman–Crippen LogP) is 4.03. The number of halogens is 1. The van der Waals surface area contributed by atoms with Gasteiger partial charge < -0.3 is 25.4 Å². The van der Waals surface area contributed by atoms with E-state index in [0.29, 0.717) is 44.4 Å². The van der Waals surface area contributed by atoms with Crippen LogP contribution in [0.4, 0.5) is 0 Å². The van der Waals surface area contributed by atoms with Crippen molar-refractivity contribution < 1.29 is 14.3 Å². The largest absolute Gasteiger partial charge is 0.491 e. The Balaban J connectivity index is 0.00000544. The number of methoxy groups -OCH3 is 1. The number of nitrogens with zero attached hydrogens (tertiary/aromatic N) is 1. The Morgan fingerprint density at radius 1 is 1.03 bits per heavy atom. The maximum absolute atomic E-state index is 12.2. The van der Waals surface area contributed by atoms with Crippen LogP contribution in [0.2, 0.25) is 0 Å². The lowest BCUT2D eigenvalue weighted by molar-refractivity contribution is 0.0953. The summed E-state index contributed by atoms with van der Waals surface area (Å²) in [6.07, 6.45) is 0.910. The van der Waals surface area contributed by atoms with Gasteiger partial charge in [0.05, 0.1) is 13.2 Å². The van der Waals surface area contributed by atoms with Crippen molar-refractivity contribution in [2.45, 2.75) is 40.3 Å². The van der Waals surface area contributed by atoms with Gasteiger partial charge in [-0.05, 0) is 49.6 Å². The Kier molecular flexibility index (Phi) is 14.2. The molecule has 1 amide bonds. The Morgan fingerprint density at radius 2 is 1.85 bits per heavy atom. The number of aliphatic imine (C=N–C) groups is 1. The fourth-order valence-corrected chi connectivity index (χ4v) is 3.02. The highest BCUT2D eigenvalue weighted by Gasteiger charge is 2.08. The SMILES string of the molecule is CCCNC(=O)c1cccc(CN=C(NCC)NCc2ccc(C)cc2OCCOC)c1.I. The van der Waals surface area contributed by atoms with Crippen molar-refractivity contribution in [2.24, 2.45) is 4.99 Å². The van der Waals surface area contributed by atoms with Crippen LogP contribution in [0, 0.1) is 6.92 Å². The molecule has 0 fully saturated rings. The summed E-state index contributed by atoms with van der Waals surface area (Å²) in [5.74, 6) is 1.50. The third-order valence-corrected chi connectivity index (χ3v) is 4.70. The van der Waals surface area contributed by atoms with Gasteiger partial charge in [0.2, 0.25) is 0 Å². The molecule has 0 unspecified atom stereocenters. The highest BCUT2D eigenvalue weighted by molar-refractivity contribution is 14.0. The highest BCUT2D eigenvalue weighted by atomic mass is 127. The van der Waals surface area contributed by atoms with Gasteiger partial charge in [-0.1, -0.05) is 31.2 Å². The van der Waals surface area contributed by atoms with E-state index in [0.717, 1.165) is 35.4 Å². The van der Waals surface area contributed by atoms with Crippen molar-refractivity contribution in [3.63, 3.8) is 0 Å².